The Bertz CT molecular complexity index is 148. The van der Waals surface area contributed by atoms with Crippen LogP contribution in [0, 0.1) is 5.41 Å². The van der Waals surface area contributed by atoms with E-state index in [1.807, 2.05) is 6.92 Å². The first kappa shape index (κ1) is 11.0. The lowest BCUT2D eigenvalue weighted by molar-refractivity contribution is 0.0700. The van der Waals surface area contributed by atoms with Crippen LogP contribution in [0.4, 0.5) is 0 Å². The highest BCUT2D eigenvalue weighted by Gasteiger charge is 2.28. The molecule has 0 amide bonds. The van der Waals surface area contributed by atoms with Gasteiger partial charge in [-0.25, -0.2) is 0 Å². The van der Waals surface area contributed by atoms with Crippen LogP contribution in [-0.4, -0.2) is 35.7 Å². The minimum absolute atomic E-state index is 0.175. The maximum atomic E-state index is 9.25. The van der Waals surface area contributed by atoms with Crippen LogP contribution in [0.15, 0.2) is 0 Å². The van der Waals surface area contributed by atoms with E-state index < -0.39 is 0 Å². The van der Waals surface area contributed by atoms with Crippen LogP contribution in [0.25, 0.3) is 0 Å². The second-order valence-electron chi connectivity index (χ2n) is 4.81. The van der Waals surface area contributed by atoms with Gasteiger partial charge in [-0.15, -0.1) is 0 Å². The van der Waals surface area contributed by atoms with Gasteiger partial charge in [0.1, 0.15) is 0 Å². The summed E-state index contributed by atoms with van der Waals surface area (Å²) in [4.78, 5) is 2.38. The van der Waals surface area contributed by atoms with E-state index in [2.05, 4.69) is 18.7 Å². The molecule has 1 aliphatic heterocycles. The fourth-order valence-electron chi connectivity index (χ4n) is 2.00. The molecule has 2 heteroatoms. The molecule has 1 aliphatic rings. The van der Waals surface area contributed by atoms with Gasteiger partial charge >= 0.3 is 0 Å². The summed E-state index contributed by atoms with van der Waals surface area (Å²) in [5.41, 5.74) is 0.565. The Morgan fingerprint density at radius 2 is 1.92 bits per heavy atom. The normalized spacial score (nSPS) is 25.8. The average Bonchev–Trinajstić information content (AvgIpc) is 2.09. The van der Waals surface area contributed by atoms with Crippen molar-refractivity contribution < 1.29 is 5.11 Å². The van der Waals surface area contributed by atoms with E-state index in [0.29, 0.717) is 5.41 Å². The number of hydrogen-bond donors (Lipinski definition) is 1. The lowest BCUT2D eigenvalue weighted by Crippen LogP contribution is -2.41. The SMILES string of the molecule is CCC1(C)CCN(CC(C)O)CC1. The molecule has 1 heterocycles. The number of piperidine rings is 1. The molecule has 1 saturated heterocycles. The highest BCUT2D eigenvalue weighted by molar-refractivity contribution is 4.81. The molecule has 0 aliphatic carbocycles. The minimum atomic E-state index is -0.175. The lowest BCUT2D eigenvalue weighted by atomic mass is 9.78. The minimum Gasteiger partial charge on any atom is -0.392 e. The maximum absolute atomic E-state index is 9.25. The quantitative estimate of drug-likeness (QED) is 0.725. The fraction of sp³-hybridized carbons (Fsp3) is 1.00. The van der Waals surface area contributed by atoms with Gasteiger partial charge in [-0.1, -0.05) is 20.3 Å². The van der Waals surface area contributed by atoms with Crippen LogP contribution in [0.5, 0.6) is 0 Å². The smallest absolute Gasteiger partial charge is 0.0639 e. The van der Waals surface area contributed by atoms with Crippen molar-refractivity contribution in [3.05, 3.63) is 0 Å². The van der Waals surface area contributed by atoms with Gasteiger partial charge in [-0.2, -0.15) is 0 Å². The molecule has 78 valence electrons. The summed E-state index contributed by atoms with van der Waals surface area (Å²) in [6.07, 6.45) is 3.69. The van der Waals surface area contributed by atoms with Crippen LogP contribution in [0.3, 0.4) is 0 Å². The van der Waals surface area contributed by atoms with Gasteiger partial charge < -0.3 is 10.0 Å². The molecular formula is C11H23NO. The molecule has 2 nitrogen and oxygen atoms in total. The highest BCUT2D eigenvalue weighted by Crippen LogP contribution is 2.33. The number of likely N-dealkylation sites (tertiary alicyclic amines) is 1. The predicted molar refractivity (Wildman–Crippen MR) is 55.8 cm³/mol. The van der Waals surface area contributed by atoms with Crippen molar-refractivity contribution in [2.45, 2.75) is 46.1 Å². The maximum Gasteiger partial charge on any atom is 0.0639 e. The van der Waals surface area contributed by atoms with Crippen LogP contribution in [0.1, 0.15) is 40.0 Å². The molecule has 13 heavy (non-hydrogen) atoms. The molecule has 0 bridgehead atoms. The summed E-state index contributed by atoms with van der Waals surface area (Å²) in [5.74, 6) is 0. The van der Waals surface area contributed by atoms with Crippen molar-refractivity contribution in [2.24, 2.45) is 5.41 Å². The molecule has 0 radical (unpaired) electrons. The van der Waals surface area contributed by atoms with Crippen LogP contribution in [0.2, 0.25) is 0 Å². The molecule has 0 aromatic heterocycles. The Morgan fingerprint density at radius 3 is 2.31 bits per heavy atom. The summed E-state index contributed by atoms with van der Waals surface area (Å²) in [6, 6.07) is 0. The van der Waals surface area contributed by atoms with Gasteiger partial charge in [-0.3, -0.25) is 0 Å². The molecular weight excluding hydrogens is 162 g/mol. The Morgan fingerprint density at radius 1 is 1.38 bits per heavy atom. The van der Waals surface area contributed by atoms with Crippen LogP contribution in [-0.2, 0) is 0 Å². The van der Waals surface area contributed by atoms with Crippen LogP contribution < -0.4 is 0 Å². The van der Waals surface area contributed by atoms with Crippen LogP contribution >= 0.6 is 0 Å². The zero-order valence-corrected chi connectivity index (χ0v) is 9.21. The molecule has 1 unspecified atom stereocenters. The largest absolute Gasteiger partial charge is 0.392 e. The molecule has 0 aromatic carbocycles. The summed E-state index contributed by atoms with van der Waals surface area (Å²) in [6.45, 7) is 9.70. The van der Waals surface area contributed by atoms with E-state index in [-0.39, 0.29) is 6.10 Å². The number of hydrogen-bond acceptors (Lipinski definition) is 2. The molecule has 0 aromatic rings. The Balaban J connectivity index is 2.30. The topological polar surface area (TPSA) is 23.5 Å². The Kier molecular flexibility index (Phi) is 3.74. The molecule has 1 fully saturated rings. The Hall–Kier alpha value is -0.0800. The van der Waals surface area contributed by atoms with Gasteiger partial charge in [0.15, 0.2) is 0 Å². The van der Waals surface area contributed by atoms with Crippen molar-refractivity contribution >= 4 is 0 Å². The fourth-order valence-corrected chi connectivity index (χ4v) is 2.00. The first-order chi connectivity index (χ1) is 6.06. The summed E-state index contributed by atoms with van der Waals surface area (Å²) >= 11 is 0. The third-order valence-electron chi connectivity index (χ3n) is 3.44. The molecule has 0 saturated carbocycles. The zero-order valence-electron chi connectivity index (χ0n) is 9.21. The van der Waals surface area contributed by atoms with E-state index in [1.165, 1.54) is 19.3 Å². The van der Waals surface area contributed by atoms with E-state index in [4.69, 9.17) is 0 Å². The summed E-state index contributed by atoms with van der Waals surface area (Å²) in [5, 5.41) is 9.25. The monoisotopic (exact) mass is 185 g/mol. The van der Waals surface area contributed by atoms with E-state index in [0.717, 1.165) is 19.6 Å². The second kappa shape index (κ2) is 4.43. The average molecular weight is 185 g/mol. The molecule has 0 spiro atoms. The Labute approximate surface area is 81.9 Å². The first-order valence-electron chi connectivity index (χ1n) is 5.46. The van der Waals surface area contributed by atoms with Crippen molar-refractivity contribution in [1.29, 1.82) is 0 Å². The van der Waals surface area contributed by atoms with Crippen molar-refractivity contribution in [1.82, 2.24) is 4.90 Å². The molecule has 1 atom stereocenters. The zero-order chi connectivity index (χ0) is 9.90. The first-order valence-corrected chi connectivity index (χ1v) is 5.46. The third-order valence-corrected chi connectivity index (χ3v) is 3.44. The second-order valence-corrected chi connectivity index (χ2v) is 4.81. The molecule has 1 N–H and O–H groups in total. The lowest BCUT2D eigenvalue weighted by Gasteiger charge is -2.39. The molecule has 1 rings (SSSR count). The van der Waals surface area contributed by atoms with Gasteiger partial charge in [0.2, 0.25) is 0 Å². The van der Waals surface area contributed by atoms with Crippen molar-refractivity contribution in [3.8, 4) is 0 Å². The van der Waals surface area contributed by atoms with Gasteiger partial charge in [0.05, 0.1) is 6.10 Å². The number of aliphatic hydroxyl groups excluding tert-OH is 1. The van der Waals surface area contributed by atoms with Crippen molar-refractivity contribution in [2.75, 3.05) is 19.6 Å². The van der Waals surface area contributed by atoms with Gasteiger partial charge in [-0.05, 0) is 38.3 Å². The van der Waals surface area contributed by atoms with E-state index >= 15 is 0 Å². The van der Waals surface area contributed by atoms with Gasteiger partial charge in [0.25, 0.3) is 0 Å². The van der Waals surface area contributed by atoms with E-state index in [1.54, 1.807) is 0 Å². The number of nitrogens with zero attached hydrogens (tertiary/aromatic N) is 1. The number of aliphatic hydroxyl groups is 1. The van der Waals surface area contributed by atoms with Crippen molar-refractivity contribution in [3.63, 3.8) is 0 Å². The highest BCUT2D eigenvalue weighted by atomic mass is 16.3. The third kappa shape index (κ3) is 3.28. The number of rotatable bonds is 3. The predicted octanol–water partition coefficient (Wildman–Crippen LogP) is 1.88. The van der Waals surface area contributed by atoms with Gasteiger partial charge in [0, 0.05) is 6.54 Å². The number of β-amino-alcohol motifs (C(OH)–C–C–N with tert-alkyl or cyclic N) is 1. The summed E-state index contributed by atoms with van der Waals surface area (Å²) < 4.78 is 0. The standard InChI is InChI=1S/C11H23NO/c1-4-11(3)5-7-12(8-6-11)9-10(2)13/h10,13H,4-9H2,1-3H3. The summed E-state index contributed by atoms with van der Waals surface area (Å²) in [7, 11) is 0. The van der Waals surface area contributed by atoms with E-state index in [9.17, 15) is 5.11 Å².